The molecule has 0 spiro atoms. The molecule has 0 N–H and O–H groups in total. The first kappa shape index (κ1) is 20.3. The number of esters is 1. The number of amides is 1. The summed E-state index contributed by atoms with van der Waals surface area (Å²) in [5.74, 6) is -0.363. The number of hydrogen-bond donors (Lipinski definition) is 0. The van der Waals surface area contributed by atoms with E-state index < -0.39 is 0 Å². The molecule has 0 aliphatic carbocycles. The first-order valence-electron chi connectivity index (χ1n) is 10.1. The molecule has 2 aromatic carbocycles. The Morgan fingerprint density at radius 2 is 1.97 bits per heavy atom. The molecular weight excluding hydrogens is 406 g/mol. The van der Waals surface area contributed by atoms with Gasteiger partial charge in [0.05, 0.1) is 12.5 Å². The molecule has 2 unspecified atom stereocenters. The first-order valence-corrected chi connectivity index (χ1v) is 11.3. The Hall–Kier alpha value is -1.98. The third-order valence-corrected chi connectivity index (χ3v) is 7.05. The SMILES string of the molecule is CCOC(=O)C1CCCN(C(=O)CC2c3ccccc3Sc3ccc(Cl)cc32)C1. The molecule has 6 heteroatoms. The van der Waals surface area contributed by atoms with E-state index in [-0.39, 0.29) is 23.7 Å². The Balaban J connectivity index is 1.57. The molecular formula is C23H24ClNO3S. The highest BCUT2D eigenvalue weighted by Gasteiger charge is 2.33. The molecule has 0 bridgehead atoms. The Labute approximate surface area is 180 Å². The van der Waals surface area contributed by atoms with Crippen molar-refractivity contribution >= 4 is 35.2 Å². The molecule has 1 saturated heterocycles. The number of rotatable bonds is 4. The predicted molar refractivity (Wildman–Crippen MR) is 114 cm³/mol. The van der Waals surface area contributed by atoms with Crippen LogP contribution in [0.25, 0.3) is 0 Å². The number of carbonyl (C=O) groups is 2. The van der Waals surface area contributed by atoms with Gasteiger partial charge in [-0.1, -0.05) is 41.6 Å². The normalized spacial score (nSPS) is 20.6. The van der Waals surface area contributed by atoms with Crippen LogP contribution in [0.2, 0.25) is 5.02 Å². The standard InChI is InChI=1S/C23H24ClNO3S/c1-2-28-23(27)15-6-5-11-25(14-15)22(26)13-18-17-7-3-4-8-20(17)29-21-10-9-16(24)12-19(18)21/h3-4,7-10,12,15,18H,2,5-6,11,13-14H2,1H3. The van der Waals surface area contributed by atoms with E-state index in [1.54, 1.807) is 11.8 Å². The number of halogens is 1. The quantitative estimate of drug-likeness (QED) is 0.632. The Morgan fingerprint density at radius 3 is 2.79 bits per heavy atom. The van der Waals surface area contributed by atoms with Crippen LogP contribution in [0.3, 0.4) is 0 Å². The third kappa shape index (κ3) is 4.31. The predicted octanol–water partition coefficient (Wildman–Crippen LogP) is 5.13. The minimum atomic E-state index is -0.219. The van der Waals surface area contributed by atoms with Crippen molar-refractivity contribution in [2.45, 2.75) is 41.9 Å². The maximum atomic E-state index is 13.2. The van der Waals surface area contributed by atoms with E-state index in [0.717, 1.165) is 23.3 Å². The third-order valence-electron chi connectivity index (χ3n) is 5.63. The van der Waals surface area contributed by atoms with Gasteiger partial charge in [0.25, 0.3) is 0 Å². The number of likely N-dealkylation sites (tertiary alicyclic amines) is 1. The Morgan fingerprint density at radius 1 is 1.17 bits per heavy atom. The molecule has 2 aliphatic rings. The fraction of sp³-hybridized carbons (Fsp3) is 0.391. The average molecular weight is 430 g/mol. The second-order valence-electron chi connectivity index (χ2n) is 7.51. The smallest absolute Gasteiger partial charge is 0.310 e. The highest BCUT2D eigenvalue weighted by atomic mass is 35.5. The molecule has 2 atom stereocenters. The molecule has 2 heterocycles. The van der Waals surface area contributed by atoms with Gasteiger partial charge in [0.1, 0.15) is 0 Å². The van der Waals surface area contributed by atoms with Gasteiger partial charge in [-0.25, -0.2) is 0 Å². The Kier molecular flexibility index (Phi) is 6.16. The lowest BCUT2D eigenvalue weighted by Crippen LogP contribution is -2.43. The minimum Gasteiger partial charge on any atom is -0.466 e. The summed E-state index contributed by atoms with van der Waals surface area (Å²) in [5.41, 5.74) is 2.27. The minimum absolute atomic E-state index is 0.0309. The van der Waals surface area contributed by atoms with Gasteiger partial charge in [-0.15, -0.1) is 0 Å². The summed E-state index contributed by atoms with van der Waals surface area (Å²) in [5, 5.41) is 0.682. The van der Waals surface area contributed by atoms with Crippen molar-refractivity contribution in [2.24, 2.45) is 5.92 Å². The number of ether oxygens (including phenoxy) is 1. The number of hydrogen-bond acceptors (Lipinski definition) is 4. The summed E-state index contributed by atoms with van der Waals surface area (Å²) in [7, 11) is 0. The average Bonchev–Trinajstić information content (AvgIpc) is 2.74. The molecule has 1 amide bonds. The Bertz CT molecular complexity index is 932. The molecule has 29 heavy (non-hydrogen) atoms. The van der Waals surface area contributed by atoms with Gasteiger partial charge in [-0.2, -0.15) is 0 Å². The summed E-state index contributed by atoms with van der Waals surface area (Å²) >= 11 is 8.00. The van der Waals surface area contributed by atoms with Crippen LogP contribution < -0.4 is 0 Å². The van der Waals surface area contributed by atoms with E-state index >= 15 is 0 Å². The van der Waals surface area contributed by atoms with Crippen LogP contribution in [0.15, 0.2) is 52.3 Å². The highest BCUT2D eigenvalue weighted by molar-refractivity contribution is 7.99. The van der Waals surface area contributed by atoms with Gasteiger partial charge in [-0.05, 0) is 55.2 Å². The lowest BCUT2D eigenvalue weighted by atomic mass is 9.87. The number of benzene rings is 2. The summed E-state index contributed by atoms with van der Waals surface area (Å²) in [4.78, 5) is 29.5. The van der Waals surface area contributed by atoms with E-state index in [1.807, 2.05) is 42.2 Å². The van der Waals surface area contributed by atoms with E-state index in [4.69, 9.17) is 16.3 Å². The van der Waals surface area contributed by atoms with Crippen molar-refractivity contribution in [1.82, 2.24) is 4.90 Å². The van der Waals surface area contributed by atoms with Crippen molar-refractivity contribution in [3.8, 4) is 0 Å². The lowest BCUT2D eigenvalue weighted by Gasteiger charge is -2.34. The van der Waals surface area contributed by atoms with Crippen LogP contribution in [0.5, 0.6) is 0 Å². The van der Waals surface area contributed by atoms with E-state index in [9.17, 15) is 9.59 Å². The van der Waals surface area contributed by atoms with Crippen LogP contribution in [-0.4, -0.2) is 36.5 Å². The first-order chi connectivity index (χ1) is 14.1. The van der Waals surface area contributed by atoms with E-state index in [2.05, 4.69) is 12.1 Å². The summed E-state index contributed by atoms with van der Waals surface area (Å²) < 4.78 is 5.17. The van der Waals surface area contributed by atoms with Crippen molar-refractivity contribution in [3.63, 3.8) is 0 Å². The highest BCUT2D eigenvalue weighted by Crippen LogP contribution is 2.48. The second kappa shape index (κ2) is 8.80. The molecule has 2 aliphatic heterocycles. The van der Waals surface area contributed by atoms with Crippen molar-refractivity contribution in [3.05, 3.63) is 58.6 Å². The lowest BCUT2D eigenvalue weighted by molar-refractivity contribution is -0.151. The zero-order valence-electron chi connectivity index (χ0n) is 16.4. The van der Waals surface area contributed by atoms with Crippen molar-refractivity contribution in [2.75, 3.05) is 19.7 Å². The number of fused-ring (bicyclic) bond motifs is 2. The van der Waals surface area contributed by atoms with Crippen LogP contribution in [0.1, 0.15) is 43.2 Å². The van der Waals surface area contributed by atoms with Crippen LogP contribution in [0.4, 0.5) is 0 Å². The summed E-state index contributed by atoms with van der Waals surface area (Å²) in [6.07, 6.45) is 1.99. The number of nitrogens with zero attached hydrogens (tertiary/aromatic N) is 1. The van der Waals surface area contributed by atoms with Crippen molar-refractivity contribution < 1.29 is 14.3 Å². The molecule has 1 fully saturated rings. The van der Waals surface area contributed by atoms with Gasteiger partial charge >= 0.3 is 5.97 Å². The molecule has 152 valence electrons. The number of carbonyl (C=O) groups excluding carboxylic acids is 2. The van der Waals surface area contributed by atoms with Crippen LogP contribution in [-0.2, 0) is 14.3 Å². The van der Waals surface area contributed by atoms with Crippen molar-refractivity contribution in [1.29, 1.82) is 0 Å². The molecule has 4 rings (SSSR count). The summed E-state index contributed by atoms with van der Waals surface area (Å²) in [6.45, 7) is 3.32. The van der Waals surface area contributed by atoms with Crippen LogP contribution >= 0.6 is 23.4 Å². The monoisotopic (exact) mass is 429 g/mol. The molecule has 0 aromatic heterocycles. The van der Waals surface area contributed by atoms with Gasteiger partial charge in [0.15, 0.2) is 0 Å². The topological polar surface area (TPSA) is 46.6 Å². The summed E-state index contributed by atoms with van der Waals surface area (Å²) in [6, 6.07) is 14.2. The largest absolute Gasteiger partial charge is 0.466 e. The van der Waals surface area contributed by atoms with Gasteiger partial charge < -0.3 is 9.64 Å². The van der Waals surface area contributed by atoms with Gasteiger partial charge in [0, 0.05) is 40.2 Å². The van der Waals surface area contributed by atoms with E-state index in [1.165, 1.54) is 10.5 Å². The van der Waals surface area contributed by atoms with E-state index in [0.29, 0.717) is 31.1 Å². The maximum absolute atomic E-state index is 13.2. The molecule has 4 nitrogen and oxygen atoms in total. The number of piperidine rings is 1. The van der Waals surface area contributed by atoms with Gasteiger partial charge in [-0.3, -0.25) is 9.59 Å². The fourth-order valence-corrected chi connectivity index (χ4v) is 5.56. The molecule has 0 radical (unpaired) electrons. The second-order valence-corrected chi connectivity index (χ2v) is 9.03. The van der Waals surface area contributed by atoms with Crippen LogP contribution in [0, 0.1) is 5.92 Å². The zero-order chi connectivity index (χ0) is 20.4. The molecule has 0 saturated carbocycles. The fourth-order valence-electron chi connectivity index (χ4n) is 4.21. The van der Waals surface area contributed by atoms with Gasteiger partial charge in [0.2, 0.25) is 5.91 Å². The molecule has 2 aromatic rings. The zero-order valence-corrected chi connectivity index (χ0v) is 18.0. The maximum Gasteiger partial charge on any atom is 0.310 e.